The monoisotopic (exact) mass is 761 g/mol. The average molecular weight is 762 g/mol. The molecule has 11 aromatic carbocycles. The van der Waals surface area contributed by atoms with E-state index in [1.807, 2.05) is 6.07 Å². The maximum atomic E-state index is 5.19. The fraction of sp³-hybridized carbons (Fsp3) is 0. The molecule has 0 bridgehead atoms. The van der Waals surface area contributed by atoms with Gasteiger partial charge in [0.2, 0.25) is 0 Å². The van der Waals surface area contributed by atoms with E-state index in [0.717, 1.165) is 33.2 Å². The van der Waals surface area contributed by atoms with Gasteiger partial charge in [-0.2, -0.15) is 0 Å². The molecule has 12 aromatic rings. The number of rotatable bonds is 5. The molecule has 3 nitrogen and oxygen atoms in total. The lowest BCUT2D eigenvalue weighted by Gasteiger charge is -2.15. The topological polar surface area (TPSA) is 38.7 Å². The van der Waals surface area contributed by atoms with Crippen LogP contribution in [0.1, 0.15) is 0 Å². The molecule has 0 unspecified atom stereocenters. The standard InChI is InChI=1S/C57H35N3/c1-2-10-36(11-3-1)37-18-22-41(23-19-37)55-58-56(60-57(59-55)45-29-30-48-44(34-45)28-32-50-46-15-7-4-12-38(46)26-31-51(48)50)42-24-20-40(21-25-42)54-49-17-9-6-14-43(49)35-53-47-16-8-5-13-39(47)27-33-52(53)54/h1-35H. The van der Waals surface area contributed by atoms with Gasteiger partial charge in [-0.25, -0.2) is 15.0 Å². The fourth-order valence-electron chi connectivity index (χ4n) is 9.09. The number of fused-ring (bicyclic) bond motifs is 9. The molecular weight excluding hydrogens is 727 g/mol. The summed E-state index contributed by atoms with van der Waals surface area (Å²) in [6.07, 6.45) is 0. The summed E-state index contributed by atoms with van der Waals surface area (Å²) in [4.78, 5) is 15.5. The molecule has 0 saturated heterocycles. The van der Waals surface area contributed by atoms with E-state index < -0.39 is 0 Å². The van der Waals surface area contributed by atoms with Crippen LogP contribution in [0, 0.1) is 0 Å². The zero-order valence-corrected chi connectivity index (χ0v) is 32.5. The molecule has 0 N–H and O–H groups in total. The van der Waals surface area contributed by atoms with Crippen LogP contribution in [-0.2, 0) is 0 Å². The molecule has 0 amide bonds. The molecule has 278 valence electrons. The molecule has 0 aliphatic carbocycles. The number of hydrogen-bond acceptors (Lipinski definition) is 3. The van der Waals surface area contributed by atoms with Gasteiger partial charge in [-0.3, -0.25) is 0 Å². The minimum absolute atomic E-state index is 0.632. The number of hydrogen-bond donors (Lipinski definition) is 0. The van der Waals surface area contributed by atoms with Crippen molar-refractivity contribution in [2.24, 2.45) is 0 Å². The van der Waals surface area contributed by atoms with Crippen LogP contribution in [0.15, 0.2) is 212 Å². The lowest BCUT2D eigenvalue weighted by Crippen LogP contribution is -2.00. The Bertz CT molecular complexity index is 3630. The Balaban J connectivity index is 0.998. The van der Waals surface area contributed by atoms with Gasteiger partial charge in [-0.05, 0) is 99.0 Å². The van der Waals surface area contributed by atoms with Gasteiger partial charge >= 0.3 is 0 Å². The summed E-state index contributed by atoms with van der Waals surface area (Å²) in [6, 6.07) is 76.0. The fourth-order valence-corrected chi connectivity index (χ4v) is 9.09. The van der Waals surface area contributed by atoms with Gasteiger partial charge in [0.1, 0.15) is 0 Å². The van der Waals surface area contributed by atoms with E-state index >= 15 is 0 Å². The van der Waals surface area contributed by atoms with Crippen LogP contribution < -0.4 is 0 Å². The maximum Gasteiger partial charge on any atom is 0.164 e. The molecule has 0 saturated carbocycles. The van der Waals surface area contributed by atoms with Gasteiger partial charge in [0.25, 0.3) is 0 Å². The lowest BCUT2D eigenvalue weighted by atomic mass is 9.89. The SMILES string of the molecule is c1ccc(-c2ccc(-c3nc(-c4ccc(-c5c6ccccc6cc6c5ccc5ccccc56)cc4)nc(-c4ccc5c(ccc6c7ccccc7ccc56)c4)n3)cc2)cc1. The van der Waals surface area contributed by atoms with Crippen molar-refractivity contribution in [3.8, 4) is 56.4 Å². The van der Waals surface area contributed by atoms with Gasteiger partial charge in [-0.1, -0.05) is 200 Å². The van der Waals surface area contributed by atoms with Crippen molar-refractivity contribution < 1.29 is 0 Å². The van der Waals surface area contributed by atoms with E-state index in [2.05, 4.69) is 206 Å². The molecule has 1 aromatic heterocycles. The smallest absolute Gasteiger partial charge is 0.164 e. The van der Waals surface area contributed by atoms with Crippen molar-refractivity contribution in [2.45, 2.75) is 0 Å². The van der Waals surface area contributed by atoms with Crippen molar-refractivity contribution in [1.82, 2.24) is 15.0 Å². The second-order valence-corrected chi connectivity index (χ2v) is 15.6. The molecule has 0 fully saturated rings. The lowest BCUT2D eigenvalue weighted by molar-refractivity contribution is 1.07. The Morgan fingerprint density at radius 2 is 0.600 bits per heavy atom. The molecule has 60 heavy (non-hydrogen) atoms. The van der Waals surface area contributed by atoms with Gasteiger partial charge in [0, 0.05) is 16.7 Å². The van der Waals surface area contributed by atoms with Crippen molar-refractivity contribution in [1.29, 1.82) is 0 Å². The molecular formula is C57H35N3. The van der Waals surface area contributed by atoms with Crippen LogP contribution in [0.3, 0.4) is 0 Å². The number of aromatic nitrogens is 3. The molecule has 0 spiro atoms. The third-order valence-electron chi connectivity index (χ3n) is 12.1. The quantitative estimate of drug-likeness (QED) is 0.129. The first kappa shape index (κ1) is 34.1. The summed E-state index contributed by atoms with van der Waals surface area (Å²) in [5, 5.41) is 14.8. The third kappa shape index (κ3) is 5.71. The molecule has 3 heteroatoms. The first-order chi connectivity index (χ1) is 29.7. The first-order valence-corrected chi connectivity index (χ1v) is 20.4. The van der Waals surface area contributed by atoms with Crippen molar-refractivity contribution in [2.75, 3.05) is 0 Å². The average Bonchev–Trinajstić information content (AvgIpc) is 3.33. The van der Waals surface area contributed by atoms with Crippen LogP contribution in [-0.4, -0.2) is 15.0 Å². The number of benzene rings is 11. The zero-order chi connectivity index (χ0) is 39.6. The molecule has 0 atom stereocenters. The number of nitrogens with zero attached hydrogens (tertiary/aromatic N) is 3. The largest absolute Gasteiger partial charge is 0.208 e. The summed E-state index contributed by atoms with van der Waals surface area (Å²) < 4.78 is 0. The highest BCUT2D eigenvalue weighted by Gasteiger charge is 2.16. The van der Waals surface area contributed by atoms with E-state index in [0.29, 0.717) is 17.5 Å². The molecule has 0 aliphatic heterocycles. The Morgan fingerprint density at radius 3 is 1.25 bits per heavy atom. The van der Waals surface area contributed by atoms with Crippen molar-refractivity contribution in [3.05, 3.63) is 212 Å². The van der Waals surface area contributed by atoms with Gasteiger partial charge in [0.05, 0.1) is 0 Å². The highest BCUT2D eigenvalue weighted by molar-refractivity contribution is 6.20. The van der Waals surface area contributed by atoms with Crippen molar-refractivity contribution >= 4 is 64.6 Å². The van der Waals surface area contributed by atoms with Crippen LogP contribution >= 0.6 is 0 Å². The van der Waals surface area contributed by atoms with Crippen LogP contribution in [0.25, 0.3) is 121 Å². The molecule has 12 rings (SSSR count). The predicted molar refractivity (Wildman–Crippen MR) is 252 cm³/mol. The van der Waals surface area contributed by atoms with Crippen LogP contribution in [0.5, 0.6) is 0 Å². The third-order valence-corrected chi connectivity index (χ3v) is 12.1. The second kappa shape index (κ2) is 13.8. The first-order valence-electron chi connectivity index (χ1n) is 20.4. The summed E-state index contributed by atoms with van der Waals surface area (Å²) in [6.45, 7) is 0. The van der Waals surface area contributed by atoms with E-state index in [1.54, 1.807) is 0 Å². The Morgan fingerprint density at radius 1 is 0.200 bits per heavy atom. The van der Waals surface area contributed by atoms with E-state index in [-0.39, 0.29) is 0 Å². The molecule has 1 heterocycles. The Kier molecular flexibility index (Phi) is 7.85. The van der Waals surface area contributed by atoms with Crippen LogP contribution in [0.2, 0.25) is 0 Å². The summed E-state index contributed by atoms with van der Waals surface area (Å²) in [7, 11) is 0. The summed E-state index contributed by atoms with van der Waals surface area (Å²) in [5.74, 6) is 1.90. The van der Waals surface area contributed by atoms with Gasteiger partial charge < -0.3 is 0 Å². The minimum Gasteiger partial charge on any atom is -0.208 e. The highest BCUT2D eigenvalue weighted by Crippen LogP contribution is 2.40. The predicted octanol–water partition coefficient (Wildman–Crippen LogP) is 15.1. The second-order valence-electron chi connectivity index (χ2n) is 15.6. The van der Waals surface area contributed by atoms with E-state index in [4.69, 9.17) is 15.0 Å². The Hall–Kier alpha value is -8.01. The molecule has 0 aliphatic rings. The Labute approximate surface area is 346 Å². The minimum atomic E-state index is 0.632. The normalized spacial score (nSPS) is 11.7. The van der Waals surface area contributed by atoms with Gasteiger partial charge in [0.15, 0.2) is 17.5 Å². The molecule has 0 radical (unpaired) electrons. The summed E-state index contributed by atoms with van der Waals surface area (Å²) >= 11 is 0. The summed E-state index contributed by atoms with van der Waals surface area (Å²) in [5.41, 5.74) is 7.50. The highest BCUT2D eigenvalue weighted by atomic mass is 15.0. The van der Waals surface area contributed by atoms with E-state index in [1.165, 1.54) is 70.4 Å². The van der Waals surface area contributed by atoms with E-state index in [9.17, 15) is 0 Å². The zero-order valence-electron chi connectivity index (χ0n) is 32.5. The maximum absolute atomic E-state index is 5.19. The van der Waals surface area contributed by atoms with Crippen LogP contribution in [0.4, 0.5) is 0 Å². The van der Waals surface area contributed by atoms with Gasteiger partial charge in [-0.15, -0.1) is 0 Å². The van der Waals surface area contributed by atoms with Crippen molar-refractivity contribution in [3.63, 3.8) is 0 Å².